The number of rotatable bonds is 5. The molecule has 94 valence electrons. The van der Waals surface area contributed by atoms with Crippen LogP contribution < -0.4 is 4.74 Å². The molecule has 0 fully saturated rings. The zero-order chi connectivity index (χ0) is 13.0. The molecule has 17 heavy (non-hydrogen) atoms. The van der Waals surface area contributed by atoms with Gasteiger partial charge in [-0.15, -0.1) is 0 Å². The minimum absolute atomic E-state index is 0.296. The molecule has 0 saturated carbocycles. The third-order valence-corrected chi connectivity index (χ3v) is 2.38. The molecule has 0 aliphatic heterocycles. The van der Waals surface area contributed by atoms with Crippen LogP contribution in [-0.4, -0.2) is 30.3 Å². The standard InChI is InChI=1S/C10H8BrF3O3/c11-5-1-2-6(10(15)16)7(3-5)17-8(4-12)9(13)14/h1-3,8-9H,4H2,(H,15,16)/t8-/m0/s1. The van der Waals surface area contributed by atoms with Gasteiger partial charge >= 0.3 is 5.97 Å². The lowest BCUT2D eigenvalue weighted by molar-refractivity contribution is -0.00197. The molecule has 0 aliphatic rings. The fraction of sp³-hybridized carbons (Fsp3) is 0.300. The molecule has 0 radical (unpaired) electrons. The van der Waals surface area contributed by atoms with E-state index in [1.54, 1.807) is 0 Å². The number of carboxylic acid groups (broad SMARTS) is 1. The molecule has 1 rings (SSSR count). The first kappa shape index (κ1) is 13.8. The van der Waals surface area contributed by atoms with Crippen LogP contribution in [0, 0.1) is 0 Å². The summed E-state index contributed by atoms with van der Waals surface area (Å²) in [6.07, 6.45) is -5.00. The van der Waals surface area contributed by atoms with Crippen molar-refractivity contribution in [2.24, 2.45) is 0 Å². The number of alkyl halides is 3. The number of ether oxygens (including phenoxy) is 1. The average molecular weight is 313 g/mol. The molecule has 1 aromatic rings. The van der Waals surface area contributed by atoms with Crippen molar-refractivity contribution in [2.45, 2.75) is 12.5 Å². The van der Waals surface area contributed by atoms with E-state index in [1.165, 1.54) is 18.2 Å². The lowest BCUT2D eigenvalue weighted by Crippen LogP contribution is -2.28. The van der Waals surface area contributed by atoms with Crippen LogP contribution in [0.1, 0.15) is 10.4 Å². The molecule has 0 aromatic heterocycles. The largest absolute Gasteiger partial charge is 0.481 e. The van der Waals surface area contributed by atoms with Gasteiger partial charge in [0, 0.05) is 4.47 Å². The second-order valence-electron chi connectivity index (χ2n) is 3.09. The Bertz CT molecular complexity index is 412. The summed E-state index contributed by atoms with van der Waals surface area (Å²) in [7, 11) is 0. The predicted molar refractivity (Wildman–Crippen MR) is 57.5 cm³/mol. The average Bonchev–Trinajstić information content (AvgIpc) is 2.25. The fourth-order valence-corrected chi connectivity index (χ4v) is 1.42. The van der Waals surface area contributed by atoms with Crippen molar-refractivity contribution < 1.29 is 27.8 Å². The highest BCUT2D eigenvalue weighted by Crippen LogP contribution is 2.26. The Morgan fingerprint density at radius 3 is 2.59 bits per heavy atom. The molecule has 3 nitrogen and oxygen atoms in total. The van der Waals surface area contributed by atoms with Crippen molar-refractivity contribution in [3.63, 3.8) is 0 Å². The van der Waals surface area contributed by atoms with Crippen molar-refractivity contribution >= 4 is 21.9 Å². The molecule has 0 aliphatic carbocycles. The number of hydrogen-bond donors (Lipinski definition) is 1. The van der Waals surface area contributed by atoms with E-state index in [9.17, 15) is 18.0 Å². The Morgan fingerprint density at radius 2 is 2.12 bits per heavy atom. The van der Waals surface area contributed by atoms with Crippen molar-refractivity contribution in [1.82, 2.24) is 0 Å². The van der Waals surface area contributed by atoms with E-state index in [1.807, 2.05) is 0 Å². The SMILES string of the molecule is O=C(O)c1ccc(Br)cc1O[C@@H](CF)C(F)F. The Labute approximate surface area is 103 Å². The number of halogens is 4. The predicted octanol–water partition coefficient (Wildman–Crippen LogP) is 3.13. The lowest BCUT2D eigenvalue weighted by Gasteiger charge is -2.16. The van der Waals surface area contributed by atoms with Gasteiger partial charge < -0.3 is 9.84 Å². The normalized spacial score (nSPS) is 12.5. The van der Waals surface area contributed by atoms with Crippen LogP contribution in [0.3, 0.4) is 0 Å². The van der Waals surface area contributed by atoms with Gasteiger partial charge in [-0.1, -0.05) is 15.9 Å². The number of carboxylic acids is 1. The summed E-state index contributed by atoms with van der Waals surface area (Å²) >= 11 is 3.04. The van der Waals surface area contributed by atoms with E-state index in [4.69, 9.17) is 5.11 Å². The van der Waals surface area contributed by atoms with E-state index >= 15 is 0 Å². The monoisotopic (exact) mass is 312 g/mol. The smallest absolute Gasteiger partial charge is 0.339 e. The zero-order valence-electron chi connectivity index (χ0n) is 8.37. The van der Waals surface area contributed by atoms with Crippen molar-refractivity contribution in [3.05, 3.63) is 28.2 Å². The van der Waals surface area contributed by atoms with E-state index in [0.717, 1.165) is 0 Å². The quantitative estimate of drug-likeness (QED) is 0.908. The van der Waals surface area contributed by atoms with Gasteiger partial charge in [0.2, 0.25) is 0 Å². The van der Waals surface area contributed by atoms with Crippen LogP contribution in [0.4, 0.5) is 13.2 Å². The number of benzene rings is 1. The maximum absolute atomic E-state index is 12.3. The van der Waals surface area contributed by atoms with Crippen LogP contribution >= 0.6 is 15.9 Å². The summed E-state index contributed by atoms with van der Waals surface area (Å²) in [5, 5.41) is 8.80. The van der Waals surface area contributed by atoms with E-state index < -0.39 is 25.2 Å². The Balaban J connectivity index is 3.03. The molecule has 0 unspecified atom stereocenters. The van der Waals surface area contributed by atoms with Crippen molar-refractivity contribution in [1.29, 1.82) is 0 Å². The van der Waals surface area contributed by atoms with Gasteiger partial charge in [0.15, 0.2) is 6.10 Å². The Hall–Kier alpha value is -1.24. The van der Waals surface area contributed by atoms with Gasteiger partial charge in [0.25, 0.3) is 6.43 Å². The first-order valence-corrected chi connectivity index (χ1v) is 5.28. The molecular formula is C10H8BrF3O3. The van der Waals surface area contributed by atoms with Gasteiger partial charge in [-0.05, 0) is 18.2 Å². The molecule has 0 saturated heterocycles. The number of aromatic carboxylic acids is 1. The molecule has 0 heterocycles. The third-order valence-electron chi connectivity index (χ3n) is 1.89. The fourth-order valence-electron chi connectivity index (χ4n) is 1.08. The van der Waals surface area contributed by atoms with Gasteiger partial charge in [-0.3, -0.25) is 0 Å². The highest BCUT2D eigenvalue weighted by Gasteiger charge is 2.24. The summed E-state index contributed by atoms with van der Waals surface area (Å²) in [5.41, 5.74) is -0.299. The first-order valence-electron chi connectivity index (χ1n) is 4.49. The maximum Gasteiger partial charge on any atom is 0.339 e. The second-order valence-corrected chi connectivity index (χ2v) is 4.01. The number of carbonyl (C=O) groups is 1. The van der Waals surface area contributed by atoms with Crippen LogP contribution in [0.15, 0.2) is 22.7 Å². The lowest BCUT2D eigenvalue weighted by atomic mass is 10.2. The maximum atomic E-state index is 12.3. The molecular weight excluding hydrogens is 305 g/mol. The van der Waals surface area contributed by atoms with Crippen molar-refractivity contribution in [2.75, 3.05) is 6.67 Å². The Morgan fingerprint density at radius 1 is 1.47 bits per heavy atom. The van der Waals surface area contributed by atoms with Gasteiger partial charge in [-0.25, -0.2) is 18.0 Å². The first-order chi connectivity index (χ1) is 7.95. The topological polar surface area (TPSA) is 46.5 Å². The zero-order valence-corrected chi connectivity index (χ0v) is 9.96. The summed E-state index contributed by atoms with van der Waals surface area (Å²) in [4.78, 5) is 10.8. The summed E-state index contributed by atoms with van der Waals surface area (Å²) in [5.74, 6) is -1.63. The molecule has 0 spiro atoms. The van der Waals surface area contributed by atoms with Crippen LogP contribution in [0.25, 0.3) is 0 Å². The van der Waals surface area contributed by atoms with Crippen LogP contribution in [0.5, 0.6) is 5.75 Å². The molecule has 0 amide bonds. The van der Waals surface area contributed by atoms with Gasteiger partial charge in [-0.2, -0.15) is 0 Å². The molecule has 1 N–H and O–H groups in total. The molecule has 1 aromatic carbocycles. The summed E-state index contributed by atoms with van der Waals surface area (Å²) in [6, 6.07) is 3.81. The van der Waals surface area contributed by atoms with Crippen molar-refractivity contribution in [3.8, 4) is 5.75 Å². The molecule has 0 bridgehead atoms. The molecule has 1 atom stereocenters. The van der Waals surface area contributed by atoms with E-state index in [2.05, 4.69) is 20.7 Å². The van der Waals surface area contributed by atoms with E-state index in [-0.39, 0.29) is 11.3 Å². The summed E-state index contributed by atoms with van der Waals surface area (Å²) in [6.45, 7) is -1.40. The Kier molecular flexibility index (Phi) is 4.80. The highest BCUT2D eigenvalue weighted by molar-refractivity contribution is 9.10. The van der Waals surface area contributed by atoms with Gasteiger partial charge in [0.05, 0.1) is 0 Å². The minimum Gasteiger partial charge on any atom is -0.481 e. The van der Waals surface area contributed by atoms with Crippen LogP contribution in [0.2, 0.25) is 0 Å². The summed E-state index contributed by atoms with van der Waals surface area (Å²) < 4.78 is 42.0. The minimum atomic E-state index is -3.03. The third kappa shape index (κ3) is 3.62. The molecule has 7 heteroatoms. The number of hydrogen-bond acceptors (Lipinski definition) is 2. The highest BCUT2D eigenvalue weighted by atomic mass is 79.9. The van der Waals surface area contributed by atoms with Crippen LogP contribution in [-0.2, 0) is 0 Å². The van der Waals surface area contributed by atoms with Gasteiger partial charge in [0.1, 0.15) is 18.0 Å². The van der Waals surface area contributed by atoms with E-state index in [0.29, 0.717) is 4.47 Å². The second kappa shape index (κ2) is 5.90.